The molecule has 6 nitrogen and oxygen atoms in total. The second-order valence-corrected chi connectivity index (χ2v) is 6.38. The predicted molar refractivity (Wildman–Crippen MR) is 86.0 cm³/mol. The van der Waals surface area contributed by atoms with Crippen LogP contribution in [0.4, 0.5) is 0 Å². The zero-order valence-corrected chi connectivity index (χ0v) is 13.7. The van der Waals surface area contributed by atoms with Crippen molar-refractivity contribution < 1.29 is 9.90 Å². The van der Waals surface area contributed by atoms with Gasteiger partial charge in [0.25, 0.3) is 5.56 Å². The lowest BCUT2D eigenvalue weighted by atomic mass is 9.98. The zero-order chi connectivity index (χ0) is 17.0. The summed E-state index contributed by atoms with van der Waals surface area (Å²) in [5.41, 5.74) is 1.11. The maximum absolute atomic E-state index is 12.0. The summed E-state index contributed by atoms with van der Waals surface area (Å²) in [5.74, 6) is -0.131. The number of nitriles is 1. The van der Waals surface area contributed by atoms with Crippen LogP contribution in [0.5, 0.6) is 0 Å². The highest BCUT2D eigenvalue weighted by Crippen LogP contribution is 2.28. The fourth-order valence-electron chi connectivity index (χ4n) is 3.22. The molecule has 1 aromatic heterocycles. The molecule has 6 heteroatoms. The average Bonchev–Trinajstić information content (AvgIpc) is 2.92. The largest absolute Gasteiger partial charge is 0.388 e. The van der Waals surface area contributed by atoms with E-state index in [2.05, 4.69) is 10.3 Å². The monoisotopic (exact) mass is 317 g/mol. The van der Waals surface area contributed by atoms with Crippen LogP contribution < -0.4 is 10.9 Å². The van der Waals surface area contributed by atoms with Crippen molar-refractivity contribution in [3.8, 4) is 6.07 Å². The number of nitrogens with one attached hydrogen (secondary N) is 2. The lowest BCUT2D eigenvalue weighted by Crippen LogP contribution is -2.40. The second-order valence-electron chi connectivity index (χ2n) is 6.38. The summed E-state index contributed by atoms with van der Waals surface area (Å²) < 4.78 is 0. The number of aliphatic hydroxyl groups is 1. The van der Waals surface area contributed by atoms with Crippen LogP contribution in [0.25, 0.3) is 0 Å². The Morgan fingerprint density at radius 1 is 1.39 bits per heavy atom. The third kappa shape index (κ3) is 3.99. The van der Waals surface area contributed by atoms with E-state index in [-0.39, 0.29) is 23.5 Å². The van der Waals surface area contributed by atoms with Crippen LogP contribution >= 0.6 is 0 Å². The molecule has 1 saturated carbocycles. The SMILES string of the molecule is Cc1[nH]c(=O)c(C#N)c(C)c1CCC(=O)NCC1(O)CCCC1. The first-order valence-corrected chi connectivity index (χ1v) is 7.98. The molecule has 0 unspecified atom stereocenters. The van der Waals surface area contributed by atoms with E-state index in [1.54, 1.807) is 13.8 Å². The van der Waals surface area contributed by atoms with E-state index in [4.69, 9.17) is 5.26 Å². The minimum absolute atomic E-state index is 0.103. The Bertz CT molecular complexity index is 694. The number of aromatic nitrogens is 1. The van der Waals surface area contributed by atoms with Gasteiger partial charge in [0.15, 0.2) is 0 Å². The molecule has 1 heterocycles. The number of pyridine rings is 1. The molecular weight excluding hydrogens is 294 g/mol. The molecule has 2 rings (SSSR count). The van der Waals surface area contributed by atoms with Gasteiger partial charge in [0.05, 0.1) is 5.60 Å². The number of aromatic amines is 1. The summed E-state index contributed by atoms with van der Waals surface area (Å²) in [6.45, 7) is 3.79. The summed E-state index contributed by atoms with van der Waals surface area (Å²) in [4.78, 5) is 26.3. The van der Waals surface area contributed by atoms with Crippen molar-refractivity contribution >= 4 is 5.91 Å². The van der Waals surface area contributed by atoms with E-state index in [0.29, 0.717) is 24.2 Å². The summed E-state index contributed by atoms with van der Waals surface area (Å²) in [5, 5.41) is 22.1. The molecule has 0 spiro atoms. The van der Waals surface area contributed by atoms with Gasteiger partial charge in [0, 0.05) is 18.7 Å². The molecule has 0 bridgehead atoms. The lowest BCUT2D eigenvalue weighted by Gasteiger charge is -2.22. The molecule has 3 N–H and O–H groups in total. The molecule has 1 aliphatic carbocycles. The smallest absolute Gasteiger partial charge is 0.266 e. The minimum atomic E-state index is -0.756. The van der Waals surface area contributed by atoms with Gasteiger partial charge in [-0.15, -0.1) is 0 Å². The molecule has 1 amide bonds. The van der Waals surface area contributed by atoms with E-state index >= 15 is 0 Å². The van der Waals surface area contributed by atoms with Crippen molar-refractivity contribution in [3.63, 3.8) is 0 Å². The third-order valence-electron chi connectivity index (χ3n) is 4.67. The van der Waals surface area contributed by atoms with Crippen molar-refractivity contribution in [2.24, 2.45) is 0 Å². The van der Waals surface area contributed by atoms with Crippen LogP contribution in [0.2, 0.25) is 0 Å². The van der Waals surface area contributed by atoms with Gasteiger partial charge in [-0.3, -0.25) is 9.59 Å². The van der Waals surface area contributed by atoms with E-state index in [1.165, 1.54) is 0 Å². The molecule has 0 radical (unpaired) electrons. The number of rotatable bonds is 5. The number of nitrogens with zero attached hydrogens (tertiary/aromatic N) is 1. The number of hydrogen-bond donors (Lipinski definition) is 3. The van der Waals surface area contributed by atoms with Crippen LogP contribution in [0.15, 0.2) is 4.79 Å². The number of H-pyrrole nitrogens is 1. The van der Waals surface area contributed by atoms with Gasteiger partial charge < -0.3 is 15.4 Å². The molecule has 0 aromatic carbocycles. The van der Waals surface area contributed by atoms with Gasteiger partial charge in [-0.25, -0.2) is 0 Å². The Balaban J connectivity index is 1.97. The Morgan fingerprint density at radius 3 is 2.65 bits per heavy atom. The predicted octanol–water partition coefficient (Wildman–Crippen LogP) is 1.22. The van der Waals surface area contributed by atoms with E-state index in [1.807, 2.05) is 6.07 Å². The first-order chi connectivity index (χ1) is 10.9. The number of aryl methyl sites for hydroxylation is 1. The first kappa shape index (κ1) is 17.2. The highest BCUT2D eigenvalue weighted by Gasteiger charge is 2.31. The molecule has 1 fully saturated rings. The first-order valence-electron chi connectivity index (χ1n) is 7.98. The van der Waals surface area contributed by atoms with Gasteiger partial charge >= 0.3 is 0 Å². The number of amides is 1. The fourth-order valence-corrected chi connectivity index (χ4v) is 3.22. The molecule has 0 aliphatic heterocycles. The topological polar surface area (TPSA) is 106 Å². The molecule has 0 saturated heterocycles. The number of hydrogen-bond acceptors (Lipinski definition) is 4. The van der Waals surface area contributed by atoms with Crippen molar-refractivity contribution in [3.05, 3.63) is 32.7 Å². The summed E-state index contributed by atoms with van der Waals surface area (Å²) in [6, 6.07) is 1.91. The normalized spacial score (nSPS) is 16.1. The molecule has 23 heavy (non-hydrogen) atoms. The minimum Gasteiger partial charge on any atom is -0.388 e. The lowest BCUT2D eigenvalue weighted by molar-refractivity contribution is -0.122. The van der Waals surface area contributed by atoms with Crippen LogP contribution in [-0.4, -0.2) is 28.1 Å². The Labute approximate surface area is 135 Å². The Hall–Kier alpha value is -2.13. The van der Waals surface area contributed by atoms with Crippen molar-refractivity contribution in [2.75, 3.05) is 6.54 Å². The summed E-state index contributed by atoms with van der Waals surface area (Å²) in [6.07, 6.45) is 4.17. The Kier molecular flexibility index (Phi) is 5.22. The molecular formula is C17H23N3O3. The van der Waals surface area contributed by atoms with Crippen LogP contribution in [0, 0.1) is 25.2 Å². The van der Waals surface area contributed by atoms with E-state index in [9.17, 15) is 14.7 Å². The van der Waals surface area contributed by atoms with Crippen LogP contribution in [0.1, 0.15) is 54.5 Å². The number of carbonyl (C=O) groups excluding carboxylic acids is 1. The van der Waals surface area contributed by atoms with Gasteiger partial charge in [-0.2, -0.15) is 5.26 Å². The van der Waals surface area contributed by atoms with Gasteiger partial charge in [-0.1, -0.05) is 12.8 Å². The van der Waals surface area contributed by atoms with Gasteiger partial charge in [0.2, 0.25) is 5.91 Å². The van der Waals surface area contributed by atoms with Gasteiger partial charge in [-0.05, 0) is 44.2 Å². The molecule has 124 valence electrons. The molecule has 1 aromatic rings. The quantitative estimate of drug-likeness (QED) is 0.759. The summed E-state index contributed by atoms with van der Waals surface area (Å²) >= 11 is 0. The highest BCUT2D eigenvalue weighted by atomic mass is 16.3. The zero-order valence-electron chi connectivity index (χ0n) is 13.7. The highest BCUT2D eigenvalue weighted by molar-refractivity contribution is 5.76. The van der Waals surface area contributed by atoms with E-state index in [0.717, 1.165) is 31.2 Å². The maximum atomic E-state index is 12.0. The van der Waals surface area contributed by atoms with Crippen molar-refractivity contribution in [2.45, 2.75) is 58.0 Å². The standard InChI is InChI=1S/C17H23N3O3/c1-11-13(12(2)20-16(22)14(11)9-18)5-6-15(21)19-10-17(23)7-3-4-8-17/h23H,3-8,10H2,1-2H3,(H,19,21)(H,20,22). The van der Waals surface area contributed by atoms with Gasteiger partial charge in [0.1, 0.15) is 11.6 Å². The third-order valence-corrected chi connectivity index (χ3v) is 4.67. The van der Waals surface area contributed by atoms with E-state index < -0.39 is 5.60 Å². The van der Waals surface area contributed by atoms with Crippen molar-refractivity contribution in [1.82, 2.24) is 10.3 Å². The summed E-state index contributed by atoms with van der Waals surface area (Å²) in [7, 11) is 0. The van der Waals surface area contributed by atoms with Crippen LogP contribution in [0.3, 0.4) is 0 Å². The molecule has 0 atom stereocenters. The van der Waals surface area contributed by atoms with Crippen molar-refractivity contribution in [1.29, 1.82) is 5.26 Å². The molecule has 1 aliphatic rings. The number of carbonyl (C=O) groups is 1. The Morgan fingerprint density at radius 2 is 2.04 bits per heavy atom. The average molecular weight is 317 g/mol. The van der Waals surface area contributed by atoms with Crippen LogP contribution in [-0.2, 0) is 11.2 Å². The second kappa shape index (κ2) is 6.97. The fraction of sp³-hybridized carbons (Fsp3) is 0.588. The maximum Gasteiger partial charge on any atom is 0.266 e.